The second-order valence-electron chi connectivity index (χ2n) is 6.73. The number of aliphatic hydroxyl groups excluding tert-OH is 1. The van der Waals surface area contributed by atoms with Crippen molar-refractivity contribution in [1.82, 2.24) is 5.32 Å². The highest BCUT2D eigenvalue weighted by molar-refractivity contribution is 5.75. The number of rotatable bonds is 8. The molecule has 0 fully saturated rings. The minimum Gasteiger partial charge on any atom is -0.494 e. The highest BCUT2D eigenvalue weighted by Crippen LogP contribution is 2.15. The van der Waals surface area contributed by atoms with Crippen LogP contribution in [0, 0.1) is 0 Å². The van der Waals surface area contributed by atoms with Gasteiger partial charge in [-0.2, -0.15) is 0 Å². The van der Waals surface area contributed by atoms with Crippen LogP contribution in [0.1, 0.15) is 39.7 Å². The summed E-state index contributed by atoms with van der Waals surface area (Å²) >= 11 is 0. The maximum atomic E-state index is 11.9. The van der Waals surface area contributed by atoms with Crippen molar-refractivity contribution in [3.05, 3.63) is 29.8 Å². The van der Waals surface area contributed by atoms with Gasteiger partial charge in [-0.25, -0.2) is 9.59 Å². The van der Waals surface area contributed by atoms with Gasteiger partial charge in [0.05, 0.1) is 12.6 Å². The van der Waals surface area contributed by atoms with Crippen LogP contribution in [0.4, 0.5) is 4.79 Å². The maximum absolute atomic E-state index is 11.9. The van der Waals surface area contributed by atoms with Crippen LogP contribution in [-0.2, 0) is 16.0 Å². The molecule has 0 aliphatic carbocycles. The molecule has 0 bridgehead atoms. The maximum Gasteiger partial charge on any atom is 0.407 e. The highest BCUT2D eigenvalue weighted by atomic mass is 16.6. The van der Waals surface area contributed by atoms with Crippen LogP contribution in [0.15, 0.2) is 24.3 Å². The number of hydrogen-bond donors (Lipinski definition) is 3. The van der Waals surface area contributed by atoms with Crippen molar-refractivity contribution in [1.29, 1.82) is 0 Å². The number of hydrogen-bond acceptors (Lipinski definition) is 5. The Labute approximate surface area is 147 Å². The number of nitrogens with one attached hydrogen (secondary N) is 1. The number of aliphatic hydroxyl groups is 1. The monoisotopic (exact) mass is 353 g/mol. The molecule has 1 aromatic rings. The summed E-state index contributed by atoms with van der Waals surface area (Å²) in [5, 5.41) is 21.4. The summed E-state index contributed by atoms with van der Waals surface area (Å²) in [7, 11) is 0. The van der Waals surface area contributed by atoms with E-state index in [1.54, 1.807) is 45.0 Å². The number of alkyl carbamates (subject to hydrolysis) is 1. The third-order valence-corrected chi connectivity index (χ3v) is 3.19. The fraction of sp³-hybridized carbons (Fsp3) is 0.556. The summed E-state index contributed by atoms with van der Waals surface area (Å²) in [6, 6.07) is 6.05. The van der Waals surface area contributed by atoms with Gasteiger partial charge in [-0.15, -0.1) is 0 Å². The second-order valence-corrected chi connectivity index (χ2v) is 6.73. The summed E-state index contributed by atoms with van der Waals surface area (Å²) in [6.07, 6.45) is -1.49. The Morgan fingerprint density at radius 2 is 1.80 bits per heavy atom. The first-order chi connectivity index (χ1) is 11.6. The van der Waals surface area contributed by atoms with Gasteiger partial charge in [0.2, 0.25) is 0 Å². The summed E-state index contributed by atoms with van der Waals surface area (Å²) in [4.78, 5) is 23.0. The van der Waals surface area contributed by atoms with Gasteiger partial charge in [0.25, 0.3) is 0 Å². The molecule has 3 N–H and O–H groups in total. The van der Waals surface area contributed by atoms with E-state index < -0.39 is 29.8 Å². The molecule has 7 heteroatoms. The number of amides is 1. The molecule has 0 saturated carbocycles. The zero-order valence-electron chi connectivity index (χ0n) is 15.1. The Hall–Kier alpha value is -2.28. The van der Waals surface area contributed by atoms with E-state index in [2.05, 4.69) is 5.32 Å². The first-order valence-corrected chi connectivity index (χ1v) is 8.24. The van der Waals surface area contributed by atoms with E-state index >= 15 is 0 Å². The largest absolute Gasteiger partial charge is 0.494 e. The average Bonchev–Trinajstić information content (AvgIpc) is 2.51. The summed E-state index contributed by atoms with van der Waals surface area (Å²) in [6.45, 7) is 7.72. The second kappa shape index (κ2) is 9.27. The van der Waals surface area contributed by atoms with Crippen LogP contribution in [0.2, 0.25) is 0 Å². The Morgan fingerprint density at radius 3 is 2.28 bits per heavy atom. The van der Waals surface area contributed by atoms with Gasteiger partial charge in [-0.1, -0.05) is 19.1 Å². The topological polar surface area (TPSA) is 105 Å². The fourth-order valence-electron chi connectivity index (χ4n) is 2.07. The molecule has 0 saturated heterocycles. The molecule has 0 unspecified atom stereocenters. The van der Waals surface area contributed by atoms with Gasteiger partial charge in [-0.3, -0.25) is 0 Å². The molecule has 0 aromatic heterocycles. The lowest BCUT2D eigenvalue weighted by molar-refractivity contribution is -0.148. The first-order valence-electron chi connectivity index (χ1n) is 8.24. The fourth-order valence-corrected chi connectivity index (χ4v) is 2.07. The van der Waals surface area contributed by atoms with Crippen molar-refractivity contribution in [2.75, 3.05) is 6.61 Å². The molecule has 1 rings (SSSR count). The summed E-state index contributed by atoms with van der Waals surface area (Å²) in [5.41, 5.74) is 0.0337. The van der Waals surface area contributed by atoms with Crippen molar-refractivity contribution in [2.45, 2.75) is 58.3 Å². The third-order valence-electron chi connectivity index (χ3n) is 3.19. The predicted molar refractivity (Wildman–Crippen MR) is 92.7 cm³/mol. The number of carbonyl (C=O) groups excluding carboxylic acids is 1. The van der Waals surface area contributed by atoms with E-state index in [9.17, 15) is 14.7 Å². The highest BCUT2D eigenvalue weighted by Gasteiger charge is 2.29. The van der Waals surface area contributed by atoms with E-state index in [-0.39, 0.29) is 6.42 Å². The molecule has 0 radical (unpaired) electrons. The van der Waals surface area contributed by atoms with Gasteiger partial charge >= 0.3 is 12.1 Å². The van der Waals surface area contributed by atoms with Gasteiger partial charge in [-0.05, 0) is 51.3 Å². The van der Waals surface area contributed by atoms with Crippen molar-refractivity contribution in [3.8, 4) is 5.75 Å². The summed E-state index contributed by atoms with van der Waals surface area (Å²) in [5.74, 6) is -0.704. The first kappa shape index (κ1) is 20.8. The van der Waals surface area contributed by atoms with E-state index in [0.717, 1.165) is 12.0 Å². The van der Waals surface area contributed by atoms with Crippen molar-refractivity contribution < 1.29 is 29.3 Å². The van der Waals surface area contributed by atoms with E-state index in [0.29, 0.717) is 12.4 Å². The van der Waals surface area contributed by atoms with Crippen LogP contribution in [0.25, 0.3) is 0 Å². The van der Waals surface area contributed by atoms with Crippen molar-refractivity contribution in [3.63, 3.8) is 0 Å². The molecule has 0 aliphatic heterocycles. The number of ether oxygens (including phenoxy) is 2. The Balaban J connectivity index is 2.79. The van der Waals surface area contributed by atoms with Gasteiger partial charge < -0.3 is 25.0 Å². The van der Waals surface area contributed by atoms with Gasteiger partial charge in [0, 0.05) is 0 Å². The van der Waals surface area contributed by atoms with Crippen LogP contribution in [-0.4, -0.2) is 46.6 Å². The molecule has 7 nitrogen and oxygen atoms in total. The lowest BCUT2D eigenvalue weighted by Crippen LogP contribution is -2.49. The number of carboxylic acids is 1. The number of benzene rings is 1. The molecule has 0 heterocycles. The van der Waals surface area contributed by atoms with Crippen LogP contribution < -0.4 is 10.1 Å². The smallest absolute Gasteiger partial charge is 0.407 e. The number of carboxylic acid groups (broad SMARTS) is 1. The molecule has 140 valence electrons. The zero-order chi connectivity index (χ0) is 19.0. The summed E-state index contributed by atoms with van der Waals surface area (Å²) < 4.78 is 10.6. The normalized spacial score (nSPS) is 13.6. The minimum absolute atomic E-state index is 0.140. The molecule has 1 aromatic carbocycles. The Morgan fingerprint density at radius 1 is 1.20 bits per heavy atom. The predicted octanol–water partition coefficient (Wildman–Crippen LogP) is 2.36. The van der Waals surface area contributed by atoms with Crippen LogP contribution >= 0.6 is 0 Å². The molecule has 0 aliphatic rings. The Kier molecular flexibility index (Phi) is 7.70. The average molecular weight is 353 g/mol. The van der Waals surface area contributed by atoms with Crippen molar-refractivity contribution in [2.24, 2.45) is 0 Å². The molecular weight excluding hydrogens is 326 g/mol. The molecule has 25 heavy (non-hydrogen) atoms. The van der Waals surface area contributed by atoms with Crippen LogP contribution in [0.5, 0.6) is 5.75 Å². The zero-order valence-corrected chi connectivity index (χ0v) is 15.1. The van der Waals surface area contributed by atoms with Gasteiger partial charge in [0.15, 0.2) is 6.10 Å². The van der Waals surface area contributed by atoms with E-state index in [4.69, 9.17) is 14.6 Å². The van der Waals surface area contributed by atoms with Gasteiger partial charge in [0.1, 0.15) is 11.4 Å². The quantitative estimate of drug-likeness (QED) is 0.663. The van der Waals surface area contributed by atoms with Crippen LogP contribution in [0.3, 0.4) is 0 Å². The molecule has 1 amide bonds. The third kappa shape index (κ3) is 7.89. The minimum atomic E-state index is -1.75. The SMILES string of the molecule is CCCOc1ccc(C[C@H](NC(=O)OC(C)(C)C)[C@H](O)C(=O)O)cc1. The molecule has 0 spiro atoms. The molecular formula is C18H27NO6. The van der Waals surface area contributed by atoms with E-state index in [1.165, 1.54) is 0 Å². The molecule has 2 atom stereocenters. The lowest BCUT2D eigenvalue weighted by Gasteiger charge is -2.25. The number of aliphatic carboxylic acids is 1. The standard InChI is InChI=1S/C18H27NO6/c1-5-10-24-13-8-6-12(7-9-13)11-14(15(20)16(21)22)19-17(23)25-18(2,3)4/h6-9,14-15,20H,5,10-11H2,1-4H3,(H,19,23)(H,21,22)/t14-,15-/m0/s1. The lowest BCUT2D eigenvalue weighted by atomic mass is 10.0. The van der Waals surface area contributed by atoms with Crippen molar-refractivity contribution >= 4 is 12.1 Å². The number of carbonyl (C=O) groups is 2. The Bertz CT molecular complexity index is 564. The van der Waals surface area contributed by atoms with E-state index in [1.807, 2.05) is 6.92 Å².